The van der Waals surface area contributed by atoms with Gasteiger partial charge in [-0.25, -0.2) is 0 Å². The number of ether oxygens (including phenoxy) is 2. The van der Waals surface area contributed by atoms with E-state index >= 15 is 0 Å². The van der Waals surface area contributed by atoms with Crippen molar-refractivity contribution in [3.63, 3.8) is 0 Å². The molecule has 0 aliphatic carbocycles. The number of hydrogen-bond donors (Lipinski definition) is 2. The molecule has 0 amide bonds. The van der Waals surface area contributed by atoms with Crippen molar-refractivity contribution in [2.45, 2.75) is 32.7 Å². The first-order chi connectivity index (χ1) is 9.54. The molecule has 0 bridgehead atoms. The Hall–Kier alpha value is -1.26. The Bertz CT molecular complexity index is 441. The summed E-state index contributed by atoms with van der Waals surface area (Å²) >= 11 is 0. The van der Waals surface area contributed by atoms with Gasteiger partial charge < -0.3 is 19.9 Å². The third-order valence-corrected chi connectivity index (χ3v) is 4.24. The molecule has 1 aliphatic rings. The first-order valence-corrected chi connectivity index (χ1v) is 7.22. The highest BCUT2D eigenvalue weighted by atomic mass is 16.5. The molecule has 112 valence electrons. The number of phenolic OH excluding ortho intramolecular Hbond substituents is 1. The van der Waals surface area contributed by atoms with E-state index in [1.807, 2.05) is 12.1 Å². The Morgan fingerprint density at radius 1 is 1.40 bits per heavy atom. The zero-order chi connectivity index (χ0) is 14.6. The fourth-order valence-corrected chi connectivity index (χ4v) is 2.57. The van der Waals surface area contributed by atoms with Crippen molar-refractivity contribution in [2.24, 2.45) is 5.41 Å². The summed E-state index contributed by atoms with van der Waals surface area (Å²) in [5.41, 5.74) is 1.19. The number of benzene rings is 1. The monoisotopic (exact) mass is 279 g/mol. The lowest BCUT2D eigenvalue weighted by atomic mass is 9.82. The van der Waals surface area contributed by atoms with Gasteiger partial charge in [0.2, 0.25) is 0 Å². The molecule has 1 atom stereocenters. The fraction of sp³-hybridized carbons (Fsp3) is 0.625. The van der Waals surface area contributed by atoms with Crippen LogP contribution in [0.3, 0.4) is 0 Å². The molecule has 0 aromatic heterocycles. The summed E-state index contributed by atoms with van der Waals surface area (Å²) in [6, 6.07) is 5.56. The van der Waals surface area contributed by atoms with Gasteiger partial charge in [0.05, 0.1) is 7.11 Å². The fourth-order valence-electron chi connectivity index (χ4n) is 2.57. The Balaban J connectivity index is 1.96. The molecular formula is C16H25NO3. The largest absolute Gasteiger partial charge is 0.507 e. The van der Waals surface area contributed by atoms with Gasteiger partial charge in [-0.15, -0.1) is 0 Å². The van der Waals surface area contributed by atoms with E-state index in [-0.39, 0.29) is 17.2 Å². The Morgan fingerprint density at radius 2 is 2.10 bits per heavy atom. The minimum Gasteiger partial charge on any atom is -0.507 e. The third kappa shape index (κ3) is 3.64. The van der Waals surface area contributed by atoms with Crippen molar-refractivity contribution in [2.75, 3.05) is 26.9 Å². The summed E-state index contributed by atoms with van der Waals surface area (Å²) < 4.78 is 10.5. The van der Waals surface area contributed by atoms with E-state index in [0.717, 1.165) is 38.2 Å². The molecule has 1 aromatic rings. The summed E-state index contributed by atoms with van der Waals surface area (Å²) in [7, 11) is 1.60. The van der Waals surface area contributed by atoms with Gasteiger partial charge in [-0.3, -0.25) is 0 Å². The van der Waals surface area contributed by atoms with Crippen molar-refractivity contribution >= 4 is 0 Å². The van der Waals surface area contributed by atoms with Gasteiger partial charge in [-0.05, 0) is 31.2 Å². The lowest BCUT2D eigenvalue weighted by Crippen LogP contribution is -2.37. The smallest absolute Gasteiger partial charge is 0.124 e. The van der Waals surface area contributed by atoms with Crippen LogP contribution in [0.2, 0.25) is 0 Å². The van der Waals surface area contributed by atoms with Crippen molar-refractivity contribution < 1.29 is 14.6 Å². The van der Waals surface area contributed by atoms with Crippen LogP contribution in [0, 0.1) is 5.41 Å². The molecule has 1 fully saturated rings. The van der Waals surface area contributed by atoms with E-state index in [1.54, 1.807) is 13.2 Å². The lowest BCUT2D eigenvalue weighted by molar-refractivity contribution is 0.0230. The first kappa shape index (κ1) is 15.1. The predicted molar refractivity (Wildman–Crippen MR) is 79.2 cm³/mol. The van der Waals surface area contributed by atoms with Crippen LogP contribution in [-0.4, -0.2) is 32.0 Å². The summed E-state index contributed by atoms with van der Waals surface area (Å²) in [5, 5.41) is 13.6. The van der Waals surface area contributed by atoms with Crippen molar-refractivity contribution in [3.8, 4) is 11.5 Å². The molecule has 0 saturated carbocycles. The number of aromatic hydroxyl groups is 1. The number of rotatable bonds is 5. The van der Waals surface area contributed by atoms with Crippen LogP contribution in [0.4, 0.5) is 0 Å². The Morgan fingerprint density at radius 3 is 2.70 bits per heavy atom. The Kier molecular flexibility index (Phi) is 4.89. The molecule has 2 N–H and O–H groups in total. The van der Waals surface area contributed by atoms with Gasteiger partial charge in [-0.2, -0.15) is 0 Å². The second-order valence-electron chi connectivity index (χ2n) is 5.95. The molecule has 0 spiro atoms. The van der Waals surface area contributed by atoms with Crippen LogP contribution in [0.1, 0.15) is 38.3 Å². The number of hydrogen-bond acceptors (Lipinski definition) is 4. The molecule has 20 heavy (non-hydrogen) atoms. The molecule has 0 radical (unpaired) electrons. The van der Waals surface area contributed by atoms with Crippen LogP contribution >= 0.6 is 0 Å². The molecule has 1 aromatic carbocycles. The van der Waals surface area contributed by atoms with Gasteiger partial charge in [0.15, 0.2) is 0 Å². The summed E-state index contributed by atoms with van der Waals surface area (Å²) in [6.07, 6.45) is 2.17. The van der Waals surface area contributed by atoms with Crippen LogP contribution in [0.25, 0.3) is 0 Å². The van der Waals surface area contributed by atoms with Gasteiger partial charge >= 0.3 is 0 Å². The molecule has 1 heterocycles. The predicted octanol–water partition coefficient (Wildman–Crippen LogP) is 2.87. The van der Waals surface area contributed by atoms with Crippen molar-refractivity contribution in [1.29, 1.82) is 0 Å². The average molecular weight is 279 g/mol. The minimum atomic E-state index is 0.112. The SMILES string of the molecule is COc1ccc(C(C)NCC2(C)CCOCC2)c(O)c1. The number of methoxy groups -OCH3 is 1. The Labute approximate surface area is 121 Å². The van der Waals surface area contributed by atoms with Crippen LogP contribution in [-0.2, 0) is 4.74 Å². The molecule has 4 nitrogen and oxygen atoms in total. The zero-order valence-electron chi connectivity index (χ0n) is 12.6. The average Bonchev–Trinajstić information content (AvgIpc) is 2.45. The van der Waals surface area contributed by atoms with E-state index in [1.165, 1.54) is 0 Å². The van der Waals surface area contributed by atoms with Gasteiger partial charge in [-0.1, -0.05) is 13.0 Å². The highest BCUT2D eigenvalue weighted by molar-refractivity contribution is 5.41. The lowest BCUT2D eigenvalue weighted by Gasteiger charge is -2.35. The van der Waals surface area contributed by atoms with Crippen molar-refractivity contribution in [3.05, 3.63) is 23.8 Å². The van der Waals surface area contributed by atoms with E-state index in [9.17, 15) is 5.11 Å². The highest BCUT2D eigenvalue weighted by Gasteiger charge is 2.27. The van der Waals surface area contributed by atoms with Crippen molar-refractivity contribution in [1.82, 2.24) is 5.32 Å². The normalized spacial score (nSPS) is 19.6. The van der Waals surface area contributed by atoms with E-state index in [4.69, 9.17) is 9.47 Å². The van der Waals surface area contributed by atoms with Crippen LogP contribution < -0.4 is 10.1 Å². The summed E-state index contributed by atoms with van der Waals surface area (Å²) in [4.78, 5) is 0. The molecular weight excluding hydrogens is 254 g/mol. The topological polar surface area (TPSA) is 50.7 Å². The zero-order valence-corrected chi connectivity index (χ0v) is 12.6. The molecule has 4 heteroatoms. The number of phenols is 1. The maximum absolute atomic E-state index is 10.1. The van der Waals surface area contributed by atoms with E-state index < -0.39 is 0 Å². The minimum absolute atomic E-state index is 0.112. The molecule has 1 unspecified atom stereocenters. The third-order valence-electron chi connectivity index (χ3n) is 4.24. The highest BCUT2D eigenvalue weighted by Crippen LogP contribution is 2.32. The standard InChI is InChI=1S/C16H25NO3/c1-12(14-5-4-13(19-3)10-15(14)18)17-11-16(2)6-8-20-9-7-16/h4-5,10,12,17-18H,6-9,11H2,1-3H3. The summed E-state index contributed by atoms with van der Waals surface area (Å²) in [5.74, 6) is 0.955. The maximum atomic E-state index is 10.1. The summed E-state index contributed by atoms with van der Waals surface area (Å²) in [6.45, 7) is 7.00. The molecule has 2 rings (SSSR count). The number of nitrogens with one attached hydrogen (secondary N) is 1. The van der Waals surface area contributed by atoms with Gasteiger partial charge in [0, 0.05) is 37.4 Å². The molecule has 1 aliphatic heterocycles. The maximum Gasteiger partial charge on any atom is 0.124 e. The van der Waals surface area contributed by atoms with E-state index in [0.29, 0.717) is 5.75 Å². The second-order valence-corrected chi connectivity index (χ2v) is 5.95. The van der Waals surface area contributed by atoms with E-state index in [2.05, 4.69) is 19.2 Å². The first-order valence-electron chi connectivity index (χ1n) is 7.22. The quantitative estimate of drug-likeness (QED) is 0.870. The van der Waals surface area contributed by atoms with Crippen LogP contribution in [0.5, 0.6) is 11.5 Å². The van der Waals surface area contributed by atoms with Gasteiger partial charge in [0.25, 0.3) is 0 Å². The second kappa shape index (κ2) is 6.46. The molecule has 1 saturated heterocycles. The van der Waals surface area contributed by atoms with Crippen LogP contribution in [0.15, 0.2) is 18.2 Å². The van der Waals surface area contributed by atoms with Gasteiger partial charge in [0.1, 0.15) is 11.5 Å².